The lowest BCUT2D eigenvalue weighted by atomic mass is 10.3. The molecule has 1 heterocycles. The third-order valence-electron chi connectivity index (χ3n) is 2.92. The molecule has 0 aliphatic carbocycles. The molecule has 0 atom stereocenters. The van der Waals surface area contributed by atoms with Crippen LogP contribution < -0.4 is 10.1 Å². The SMILES string of the molecule is Cc1cc(C(=O)Nc2cccc(Oc3ccccc3)c2)on1. The van der Waals surface area contributed by atoms with E-state index in [0.717, 1.165) is 5.75 Å². The third kappa shape index (κ3) is 3.32. The molecule has 2 aromatic carbocycles. The Hall–Kier alpha value is -3.08. The molecule has 110 valence electrons. The van der Waals surface area contributed by atoms with Crippen molar-refractivity contribution in [2.75, 3.05) is 5.32 Å². The van der Waals surface area contributed by atoms with E-state index < -0.39 is 0 Å². The summed E-state index contributed by atoms with van der Waals surface area (Å²) in [4.78, 5) is 12.0. The Morgan fingerprint density at radius 3 is 2.55 bits per heavy atom. The number of para-hydroxylation sites is 1. The highest BCUT2D eigenvalue weighted by Crippen LogP contribution is 2.24. The maximum absolute atomic E-state index is 12.0. The van der Waals surface area contributed by atoms with Crippen molar-refractivity contribution in [3.8, 4) is 11.5 Å². The van der Waals surface area contributed by atoms with E-state index >= 15 is 0 Å². The summed E-state index contributed by atoms with van der Waals surface area (Å²) in [5, 5.41) is 6.44. The Balaban J connectivity index is 1.72. The molecule has 0 aliphatic heterocycles. The van der Waals surface area contributed by atoms with Crippen molar-refractivity contribution >= 4 is 11.6 Å². The van der Waals surface area contributed by atoms with Crippen molar-refractivity contribution < 1.29 is 14.1 Å². The monoisotopic (exact) mass is 294 g/mol. The van der Waals surface area contributed by atoms with Gasteiger partial charge in [-0.1, -0.05) is 29.4 Å². The summed E-state index contributed by atoms with van der Waals surface area (Å²) >= 11 is 0. The topological polar surface area (TPSA) is 64.4 Å². The summed E-state index contributed by atoms with van der Waals surface area (Å²) in [6.07, 6.45) is 0. The van der Waals surface area contributed by atoms with Gasteiger partial charge in [0.2, 0.25) is 5.76 Å². The van der Waals surface area contributed by atoms with Crippen LogP contribution in [-0.4, -0.2) is 11.1 Å². The Kier molecular flexibility index (Phi) is 3.87. The van der Waals surface area contributed by atoms with Crippen LogP contribution in [0.25, 0.3) is 0 Å². The normalized spacial score (nSPS) is 10.2. The van der Waals surface area contributed by atoms with Crippen LogP contribution in [-0.2, 0) is 0 Å². The second kappa shape index (κ2) is 6.13. The number of nitrogens with zero attached hydrogens (tertiary/aromatic N) is 1. The molecule has 5 heteroatoms. The highest BCUT2D eigenvalue weighted by atomic mass is 16.5. The van der Waals surface area contributed by atoms with Crippen molar-refractivity contribution in [2.45, 2.75) is 6.92 Å². The molecule has 0 spiro atoms. The van der Waals surface area contributed by atoms with Gasteiger partial charge in [-0.25, -0.2) is 0 Å². The van der Waals surface area contributed by atoms with Gasteiger partial charge in [0.25, 0.3) is 5.91 Å². The van der Waals surface area contributed by atoms with Gasteiger partial charge in [-0.05, 0) is 31.2 Å². The van der Waals surface area contributed by atoms with Gasteiger partial charge in [0.05, 0.1) is 5.69 Å². The summed E-state index contributed by atoms with van der Waals surface area (Å²) in [5.41, 5.74) is 1.28. The lowest BCUT2D eigenvalue weighted by Gasteiger charge is -2.08. The van der Waals surface area contributed by atoms with Crippen LogP contribution in [0.3, 0.4) is 0 Å². The number of ether oxygens (including phenoxy) is 1. The molecular formula is C17H14N2O3. The standard InChI is InChI=1S/C17H14N2O3/c1-12-10-16(22-19-12)17(20)18-13-6-5-9-15(11-13)21-14-7-3-2-4-8-14/h2-11H,1H3,(H,18,20). The predicted molar refractivity (Wildman–Crippen MR) is 82.2 cm³/mol. The van der Waals surface area contributed by atoms with Crippen molar-refractivity contribution in [1.29, 1.82) is 0 Å². The number of aryl methyl sites for hydroxylation is 1. The van der Waals surface area contributed by atoms with Gasteiger partial charge in [0.1, 0.15) is 11.5 Å². The van der Waals surface area contributed by atoms with Crippen LogP contribution in [0.15, 0.2) is 65.2 Å². The number of hydrogen-bond donors (Lipinski definition) is 1. The van der Waals surface area contributed by atoms with Crippen LogP contribution >= 0.6 is 0 Å². The molecule has 3 rings (SSSR count). The smallest absolute Gasteiger partial charge is 0.294 e. The summed E-state index contributed by atoms with van der Waals surface area (Å²) < 4.78 is 10.7. The Morgan fingerprint density at radius 2 is 1.82 bits per heavy atom. The number of rotatable bonds is 4. The van der Waals surface area contributed by atoms with Crippen LogP contribution in [0.4, 0.5) is 5.69 Å². The van der Waals surface area contributed by atoms with E-state index in [4.69, 9.17) is 9.26 Å². The van der Waals surface area contributed by atoms with Crippen molar-refractivity contribution in [3.05, 3.63) is 72.1 Å². The first-order valence-electron chi connectivity index (χ1n) is 6.78. The van der Waals surface area contributed by atoms with E-state index in [1.807, 2.05) is 36.4 Å². The van der Waals surface area contributed by atoms with Crippen molar-refractivity contribution in [1.82, 2.24) is 5.16 Å². The number of nitrogens with one attached hydrogen (secondary N) is 1. The molecule has 1 N–H and O–H groups in total. The first-order valence-corrected chi connectivity index (χ1v) is 6.78. The van der Waals surface area contributed by atoms with Crippen LogP contribution in [0.2, 0.25) is 0 Å². The number of carbonyl (C=O) groups is 1. The maximum Gasteiger partial charge on any atom is 0.294 e. The average Bonchev–Trinajstić information content (AvgIpc) is 2.95. The second-order valence-electron chi connectivity index (χ2n) is 4.73. The zero-order valence-electron chi connectivity index (χ0n) is 11.9. The molecule has 0 fully saturated rings. The van der Waals surface area contributed by atoms with E-state index in [-0.39, 0.29) is 11.7 Å². The molecule has 3 aromatic rings. The first kappa shape index (κ1) is 13.9. The van der Waals surface area contributed by atoms with Gasteiger partial charge in [0.15, 0.2) is 0 Å². The summed E-state index contributed by atoms with van der Waals surface area (Å²) in [7, 11) is 0. The van der Waals surface area contributed by atoms with E-state index in [9.17, 15) is 4.79 Å². The Bertz CT molecular complexity index is 781. The maximum atomic E-state index is 12.0. The van der Waals surface area contributed by atoms with E-state index in [0.29, 0.717) is 17.1 Å². The summed E-state index contributed by atoms with van der Waals surface area (Å²) in [5.74, 6) is 1.19. The van der Waals surface area contributed by atoms with Gasteiger partial charge < -0.3 is 14.6 Å². The van der Waals surface area contributed by atoms with Crippen LogP contribution in [0.5, 0.6) is 11.5 Å². The molecule has 0 aliphatic rings. The highest BCUT2D eigenvalue weighted by molar-refractivity contribution is 6.02. The average molecular weight is 294 g/mol. The summed E-state index contributed by atoms with van der Waals surface area (Å²) in [6.45, 7) is 1.76. The molecule has 0 saturated carbocycles. The quantitative estimate of drug-likeness (QED) is 0.789. The molecular weight excluding hydrogens is 280 g/mol. The minimum Gasteiger partial charge on any atom is -0.457 e. The number of amides is 1. The molecule has 22 heavy (non-hydrogen) atoms. The zero-order chi connectivity index (χ0) is 15.4. The predicted octanol–water partition coefficient (Wildman–Crippen LogP) is 4.03. The lowest BCUT2D eigenvalue weighted by Crippen LogP contribution is -2.10. The fraction of sp³-hybridized carbons (Fsp3) is 0.0588. The first-order chi connectivity index (χ1) is 10.7. The zero-order valence-corrected chi connectivity index (χ0v) is 11.9. The minimum absolute atomic E-state index is 0.173. The lowest BCUT2D eigenvalue weighted by molar-refractivity contribution is 0.0988. The summed E-state index contributed by atoms with van der Waals surface area (Å²) in [6, 6.07) is 18.2. The minimum atomic E-state index is -0.350. The Labute approximate surface area is 127 Å². The molecule has 0 saturated heterocycles. The molecule has 0 bridgehead atoms. The molecule has 5 nitrogen and oxygen atoms in total. The van der Waals surface area contributed by atoms with Gasteiger partial charge >= 0.3 is 0 Å². The van der Waals surface area contributed by atoms with E-state index in [1.165, 1.54) is 0 Å². The molecule has 0 radical (unpaired) electrons. The van der Waals surface area contributed by atoms with E-state index in [2.05, 4.69) is 10.5 Å². The van der Waals surface area contributed by atoms with Crippen LogP contribution in [0, 0.1) is 6.92 Å². The van der Waals surface area contributed by atoms with Crippen molar-refractivity contribution in [2.24, 2.45) is 0 Å². The number of carbonyl (C=O) groups excluding carboxylic acids is 1. The van der Waals surface area contributed by atoms with Gasteiger partial charge in [-0.15, -0.1) is 0 Å². The molecule has 1 aromatic heterocycles. The molecule has 1 amide bonds. The fourth-order valence-electron chi connectivity index (χ4n) is 1.93. The molecule has 0 unspecified atom stereocenters. The number of hydrogen-bond acceptors (Lipinski definition) is 4. The van der Waals surface area contributed by atoms with Crippen molar-refractivity contribution in [3.63, 3.8) is 0 Å². The Morgan fingerprint density at radius 1 is 1.05 bits per heavy atom. The highest BCUT2D eigenvalue weighted by Gasteiger charge is 2.12. The second-order valence-corrected chi connectivity index (χ2v) is 4.73. The number of aromatic nitrogens is 1. The van der Waals surface area contributed by atoms with Gasteiger partial charge in [-0.3, -0.25) is 4.79 Å². The van der Waals surface area contributed by atoms with Gasteiger partial charge in [-0.2, -0.15) is 0 Å². The number of anilines is 1. The van der Waals surface area contributed by atoms with E-state index in [1.54, 1.807) is 31.2 Å². The third-order valence-corrected chi connectivity index (χ3v) is 2.92. The number of benzene rings is 2. The fourth-order valence-corrected chi connectivity index (χ4v) is 1.93. The van der Waals surface area contributed by atoms with Crippen LogP contribution in [0.1, 0.15) is 16.2 Å². The largest absolute Gasteiger partial charge is 0.457 e. The van der Waals surface area contributed by atoms with Gasteiger partial charge in [0, 0.05) is 17.8 Å².